The van der Waals surface area contributed by atoms with Gasteiger partial charge in [0.2, 0.25) is 5.91 Å². The van der Waals surface area contributed by atoms with Crippen molar-refractivity contribution < 1.29 is 24.5 Å². The van der Waals surface area contributed by atoms with E-state index in [-0.39, 0.29) is 35.1 Å². The summed E-state index contributed by atoms with van der Waals surface area (Å²) < 4.78 is 12.4. The number of benzene rings is 2. The summed E-state index contributed by atoms with van der Waals surface area (Å²) in [7, 11) is 1.48. The van der Waals surface area contributed by atoms with E-state index in [1.807, 2.05) is 35.2 Å². The monoisotopic (exact) mass is 537 g/mol. The molecule has 2 bridgehead atoms. The summed E-state index contributed by atoms with van der Waals surface area (Å²) in [6.07, 6.45) is 6.39. The standard InChI is InChI=1S/C32H31N3O5/c1-39-24-17-34-18-25-28(24)31(38)29(36)26(30(37)35-22-8-5-9-23(35)15-14-22)27(20-6-3-2-4-7-20)32(31,40-25)21-12-10-19(16-33)11-13-21/h2-4,6-7,10-13,17-18,22-23,26-27,29,36,38H,5,8-9,14-15H2,1H3/t22-,23+,26-,27-,29-,31+,32+/m1/s1. The number of nitriles is 1. The van der Waals surface area contributed by atoms with Crippen LogP contribution in [-0.2, 0) is 16.0 Å². The molecule has 1 aliphatic carbocycles. The SMILES string of the molecule is COc1cncc2c1[C@]1(O)[C@H](O)[C@H](C(=O)N3[C@@H]4CCC[C@H]3CC4)[C@@H](c3ccccc3)[C@]1(c1ccc(C#N)cc1)O2. The number of piperidine rings is 1. The van der Waals surface area contributed by atoms with E-state index in [0.29, 0.717) is 11.1 Å². The first kappa shape index (κ1) is 25.1. The van der Waals surface area contributed by atoms with Crippen LogP contribution in [0.5, 0.6) is 11.5 Å². The highest BCUT2D eigenvalue weighted by Gasteiger charge is 2.78. The average Bonchev–Trinajstić information content (AvgIpc) is 3.50. The Kier molecular flexibility index (Phi) is 5.67. The maximum atomic E-state index is 14.7. The largest absolute Gasteiger partial charge is 0.495 e. The van der Waals surface area contributed by atoms with Crippen LogP contribution in [0.1, 0.15) is 60.3 Å². The summed E-state index contributed by atoms with van der Waals surface area (Å²) in [6, 6.07) is 18.8. The summed E-state index contributed by atoms with van der Waals surface area (Å²) in [5.74, 6) is -1.34. The minimum Gasteiger partial charge on any atom is -0.495 e. The first-order valence-corrected chi connectivity index (χ1v) is 14.0. The molecule has 3 aliphatic heterocycles. The first-order valence-electron chi connectivity index (χ1n) is 14.0. The fraction of sp³-hybridized carbons (Fsp3) is 0.406. The second-order valence-corrected chi connectivity index (χ2v) is 11.4. The Morgan fingerprint density at radius 3 is 2.42 bits per heavy atom. The van der Waals surface area contributed by atoms with Gasteiger partial charge in [0.05, 0.1) is 42.6 Å². The summed E-state index contributed by atoms with van der Waals surface area (Å²) in [5.41, 5.74) is -1.61. The third kappa shape index (κ3) is 3.13. The molecule has 40 heavy (non-hydrogen) atoms. The van der Waals surface area contributed by atoms with Gasteiger partial charge >= 0.3 is 0 Å². The molecule has 204 valence electrons. The number of methoxy groups -OCH3 is 1. The number of pyridine rings is 1. The molecule has 7 rings (SSSR count). The molecule has 7 atom stereocenters. The number of carbonyl (C=O) groups is 1. The van der Waals surface area contributed by atoms with Crippen LogP contribution < -0.4 is 9.47 Å². The fourth-order valence-corrected chi connectivity index (χ4v) is 8.11. The van der Waals surface area contributed by atoms with E-state index in [9.17, 15) is 20.3 Å². The predicted molar refractivity (Wildman–Crippen MR) is 144 cm³/mol. The Hall–Kier alpha value is -3.93. The van der Waals surface area contributed by atoms with Crippen LogP contribution in [0.4, 0.5) is 0 Å². The molecular formula is C32H31N3O5. The number of rotatable bonds is 4. The van der Waals surface area contributed by atoms with Gasteiger partial charge in [-0.1, -0.05) is 42.5 Å². The van der Waals surface area contributed by atoms with E-state index in [4.69, 9.17) is 9.47 Å². The van der Waals surface area contributed by atoms with Crippen LogP contribution >= 0.6 is 0 Å². The average molecular weight is 538 g/mol. The molecule has 8 heteroatoms. The molecule has 1 aromatic heterocycles. The number of carbonyl (C=O) groups excluding carboxylic acids is 1. The van der Waals surface area contributed by atoms with Crippen molar-refractivity contribution in [3.8, 4) is 17.6 Å². The lowest BCUT2D eigenvalue weighted by Crippen LogP contribution is -2.52. The lowest BCUT2D eigenvalue weighted by Gasteiger charge is -2.41. The Bertz CT molecular complexity index is 1490. The molecule has 2 N–H and O–H groups in total. The second-order valence-electron chi connectivity index (χ2n) is 11.4. The molecule has 0 spiro atoms. The number of amides is 1. The molecule has 1 amide bonds. The quantitative estimate of drug-likeness (QED) is 0.521. The van der Waals surface area contributed by atoms with Gasteiger partial charge in [0, 0.05) is 18.0 Å². The summed E-state index contributed by atoms with van der Waals surface area (Å²) in [4.78, 5) is 20.9. The molecule has 2 saturated heterocycles. The molecule has 4 heterocycles. The Morgan fingerprint density at radius 2 is 1.77 bits per heavy atom. The van der Waals surface area contributed by atoms with Crippen molar-refractivity contribution in [3.05, 3.63) is 89.2 Å². The van der Waals surface area contributed by atoms with Gasteiger partial charge in [-0.15, -0.1) is 0 Å². The van der Waals surface area contributed by atoms with Gasteiger partial charge in [-0.2, -0.15) is 5.26 Å². The molecule has 3 fully saturated rings. The Labute approximate surface area is 232 Å². The van der Waals surface area contributed by atoms with Crippen molar-refractivity contribution in [2.45, 2.75) is 67.4 Å². The van der Waals surface area contributed by atoms with Crippen molar-refractivity contribution in [1.82, 2.24) is 9.88 Å². The molecule has 4 aliphatic rings. The van der Waals surface area contributed by atoms with Crippen LogP contribution in [0.2, 0.25) is 0 Å². The third-order valence-corrected chi connectivity index (χ3v) is 9.72. The summed E-state index contributed by atoms with van der Waals surface area (Å²) >= 11 is 0. The predicted octanol–water partition coefficient (Wildman–Crippen LogP) is 3.76. The van der Waals surface area contributed by atoms with E-state index in [2.05, 4.69) is 11.1 Å². The number of hydrogen-bond donors (Lipinski definition) is 2. The van der Waals surface area contributed by atoms with Crippen LogP contribution in [0.25, 0.3) is 0 Å². The Morgan fingerprint density at radius 1 is 1.07 bits per heavy atom. The van der Waals surface area contributed by atoms with Gasteiger partial charge in [0.25, 0.3) is 0 Å². The van der Waals surface area contributed by atoms with E-state index >= 15 is 0 Å². The van der Waals surface area contributed by atoms with Crippen molar-refractivity contribution >= 4 is 5.91 Å². The van der Waals surface area contributed by atoms with Gasteiger partial charge in [0.1, 0.15) is 17.6 Å². The lowest BCUT2D eigenvalue weighted by molar-refractivity contribution is -0.158. The van der Waals surface area contributed by atoms with Gasteiger partial charge in [-0.25, -0.2) is 0 Å². The molecule has 0 unspecified atom stereocenters. The van der Waals surface area contributed by atoms with Crippen molar-refractivity contribution in [1.29, 1.82) is 5.26 Å². The minimum atomic E-state index is -2.06. The highest BCUT2D eigenvalue weighted by Crippen LogP contribution is 2.70. The number of hydrogen-bond acceptors (Lipinski definition) is 7. The normalized spacial score (nSPS) is 33.5. The highest BCUT2D eigenvalue weighted by atomic mass is 16.5. The number of nitrogens with zero attached hydrogens (tertiary/aromatic N) is 3. The topological polar surface area (TPSA) is 116 Å². The van der Waals surface area contributed by atoms with Gasteiger partial charge < -0.3 is 24.6 Å². The molecule has 3 aromatic rings. The number of aromatic nitrogens is 1. The number of aliphatic hydroxyl groups is 2. The number of aliphatic hydroxyl groups excluding tert-OH is 1. The zero-order valence-electron chi connectivity index (χ0n) is 22.2. The molecule has 8 nitrogen and oxygen atoms in total. The lowest BCUT2D eigenvalue weighted by atomic mass is 9.70. The minimum absolute atomic E-state index is 0.141. The van der Waals surface area contributed by atoms with E-state index < -0.39 is 29.1 Å². The van der Waals surface area contributed by atoms with Crippen LogP contribution in [0.3, 0.4) is 0 Å². The maximum Gasteiger partial charge on any atom is 0.229 e. The van der Waals surface area contributed by atoms with E-state index in [1.54, 1.807) is 24.3 Å². The second kappa shape index (κ2) is 9.05. The third-order valence-electron chi connectivity index (χ3n) is 9.72. The zero-order chi connectivity index (χ0) is 27.6. The van der Waals surface area contributed by atoms with Crippen molar-refractivity contribution in [2.75, 3.05) is 7.11 Å². The summed E-state index contributed by atoms with van der Waals surface area (Å²) in [6.45, 7) is 0. The molecule has 0 radical (unpaired) electrons. The number of ether oxygens (including phenoxy) is 2. The van der Waals surface area contributed by atoms with Gasteiger partial charge in [-0.3, -0.25) is 9.78 Å². The van der Waals surface area contributed by atoms with E-state index in [1.165, 1.54) is 19.5 Å². The Balaban J connectivity index is 1.50. The first-order chi connectivity index (χ1) is 19.5. The molecular weight excluding hydrogens is 506 g/mol. The van der Waals surface area contributed by atoms with Crippen LogP contribution in [0, 0.1) is 17.2 Å². The van der Waals surface area contributed by atoms with Crippen LogP contribution in [-0.4, -0.2) is 51.3 Å². The summed E-state index contributed by atoms with van der Waals surface area (Å²) in [5, 5.41) is 34.8. The fourth-order valence-electron chi connectivity index (χ4n) is 8.11. The van der Waals surface area contributed by atoms with Gasteiger partial charge in [-0.05, 0) is 55.4 Å². The highest BCUT2D eigenvalue weighted by molar-refractivity contribution is 5.84. The molecule has 1 saturated carbocycles. The maximum absolute atomic E-state index is 14.7. The zero-order valence-corrected chi connectivity index (χ0v) is 22.2. The van der Waals surface area contributed by atoms with Crippen molar-refractivity contribution in [2.24, 2.45) is 5.92 Å². The van der Waals surface area contributed by atoms with Gasteiger partial charge in [0.15, 0.2) is 11.2 Å². The van der Waals surface area contributed by atoms with Crippen LogP contribution in [0.15, 0.2) is 67.0 Å². The number of fused-ring (bicyclic) bond motifs is 5. The smallest absolute Gasteiger partial charge is 0.229 e. The molecule has 2 aromatic carbocycles. The van der Waals surface area contributed by atoms with E-state index in [0.717, 1.165) is 37.7 Å². The van der Waals surface area contributed by atoms with Crippen molar-refractivity contribution in [3.63, 3.8) is 0 Å².